The molecule has 0 heterocycles. The number of hydrogen-bond donors (Lipinski definition) is 1. The molecular formula is C7H11NO2. The first-order chi connectivity index (χ1) is 4.81. The average Bonchev–Trinajstić information content (AvgIpc) is 1.98. The molecule has 10 heavy (non-hydrogen) atoms. The number of carbonyl (C=O) groups is 1. The van der Waals surface area contributed by atoms with Gasteiger partial charge in [-0.1, -0.05) is 12.2 Å². The Hall–Kier alpha value is -1.25. The highest BCUT2D eigenvalue weighted by atomic mass is 16.5. The number of alkyl carbamates (subject to hydrolysis) is 1. The van der Waals surface area contributed by atoms with Gasteiger partial charge in [0.15, 0.2) is 0 Å². The molecule has 0 aromatic rings. The van der Waals surface area contributed by atoms with Gasteiger partial charge in [0.25, 0.3) is 0 Å². The van der Waals surface area contributed by atoms with Crippen molar-refractivity contribution in [1.82, 2.24) is 5.32 Å². The fourth-order valence-corrected chi connectivity index (χ4v) is 0.316. The molecule has 0 aliphatic carbocycles. The van der Waals surface area contributed by atoms with Crippen LogP contribution in [0.3, 0.4) is 0 Å². The minimum Gasteiger partial charge on any atom is -0.418 e. The first kappa shape index (κ1) is 8.75. The molecule has 1 N–H and O–H groups in total. The van der Waals surface area contributed by atoms with E-state index in [1.165, 1.54) is 13.3 Å². The predicted octanol–water partition coefficient (Wildman–Crippen LogP) is 1.43. The standard InChI is InChI=1S/C7H11NO2/c1-3-4-5-6-10-7(9)8-2/h3-6H,1-2H3,(H,8,9)/b4-3-,6-5-. The van der Waals surface area contributed by atoms with Gasteiger partial charge in [-0.15, -0.1) is 0 Å². The van der Waals surface area contributed by atoms with Crippen molar-refractivity contribution >= 4 is 6.09 Å². The molecule has 0 saturated heterocycles. The maximum Gasteiger partial charge on any atom is 0.411 e. The van der Waals surface area contributed by atoms with E-state index >= 15 is 0 Å². The Balaban J connectivity index is 3.43. The third-order valence-electron chi connectivity index (χ3n) is 0.761. The number of allylic oxidation sites excluding steroid dienone is 3. The van der Waals surface area contributed by atoms with Gasteiger partial charge in [0, 0.05) is 7.05 Å². The molecule has 0 aromatic heterocycles. The normalized spacial score (nSPS) is 10.6. The first-order valence-corrected chi connectivity index (χ1v) is 2.97. The van der Waals surface area contributed by atoms with E-state index in [9.17, 15) is 4.79 Å². The van der Waals surface area contributed by atoms with Gasteiger partial charge in [-0.3, -0.25) is 0 Å². The highest BCUT2D eigenvalue weighted by Crippen LogP contribution is 1.80. The van der Waals surface area contributed by atoms with Crippen molar-refractivity contribution in [2.75, 3.05) is 7.05 Å². The number of amides is 1. The molecule has 0 aromatic carbocycles. The second kappa shape index (κ2) is 5.88. The van der Waals surface area contributed by atoms with Crippen LogP contribution < -0.4 is 5.32 Å². The minimum absolute atomic E-state index is 0.458. The Morgan fingerprint density at radius 2 is 2.20 bits per heavy atom. The molecule has 0 radical (unpaired) electrons. The highest BCUT2D eigenvalue weighted by Gasteiger charge is 1.88. The summed E-state index contributed by atoms with van der Waals surface area (Å²) in [7, 11) is 1.51. The number of nitrogens with one attached hydrogen (secondary N) is 1. The lowest BCUT2D eigenvalue weighted by Crippen LogP contribution is -2.16. The largest absolute Gasteiger partial charge is 0.418 e. The quantitative estimate of drug-likeness (QED) is 0.466. The van der Waals surface area contributed by atoms with Gasteiger partial charge in [0.05, 0.1) is 6.26 Å². The summed E-state index contributed by atoms with van der Waals surface area (Å²) in [5, 5.41) is 2.31. The third-order valence-corrected chi connectivity index (χ3v) is 0.761. The number of rotatable bonds is 2. The molecule has 0 atom stereocenters. The van der Waals surface area contributed by atoms with Crippen LogP contribution in [0, 0.1) is 0 Å². The second-order valence-corrected chi connectivity index (χ2v) is 1.51. The van der Waals surface area contributed by atoms with Crippen LogP contribution in [-0.2, 0) is 4.74 Å². The number of carbonyl (C=O) groups excluding carboxylic acids is 1. The Labute approximate surface area is 60.4 Å². The summed E-state index contributed by atoms with van der Waals surface area (Å²) in [5.41, 5.74) is 0. The van der Waals surface area contributed by atoms with Crippen LogP contribution >= 0.6 is 0 Å². The van der Waals surface area contributed by atoms with Crippen LogP contribution in [-0.4, -0.2) is 13.1 Å². The van der Waals surface area contributed by atoms with Crippen molar-refractivity contribution in [1.29, 1.82) is 0 Å². The highest BCUT2D eigenvalue weighted by molar-refractivity contribution is 5.67. The van der Waals surface area contributed by atoms with Crippen LogP contribution in [0.4, 0.5) is 4.79 Å². The zero-order valence-electron chi connectivity index (χ0n) is 6.13. The molecule has 0 aliphatic heterocycles. The van der Waals surface area contributed by atoms with Crippen LogP contribution in [0.25, 0.3) is 0 Å². The van der Waals surface area contributed by atoms with E-state index in [0.717, 1.165) is 0 Å². The van der Waals surface area contributed by atoms with Crippen molar-refractivity contribution < 1.29 is 9.53 Å². The molecule has 0 saturated carbocycles. The third kappa shape index (κ3) is 4.90. The summed E-state index contributed by atoms with van der Waals surface area (Å²) in [6.07, 6.45) is 6.10. The number of ether oxygens (including phenoxy) is 1. The lowest BCUT2D eigenvalue weighted by Gasteiger charge is -1.93. The van der Waals surface area contributed by atoms with E-state index in [1.54, 1.807) is 12.2 Å². The molecule has 3 nitrogen and oxygen atoms in total. The van der Waals surface area contributed by atoms with Gasteiger partial charge in [0.2, 0.25) is 0 Å². The van der Waals surface area contributed by atoms with Gasteiger partial charge in [-0.25, -0.2) is 4.79 Å². The Morgan fingerprint density at radius 3 is 2.70 bits per heavy atom. The van der Waals surface area contributed by atoms with E-state index in [2.05, 4.69) is 10.1 Å². The van der Waals surface area contributed by atoms with E-state index in [-0.39, 0.29) is 0 Å². The molecule has 3 heteroatoms. The maximum absolute atomic E-state index is 10.4. The Bertz CT molecular complexity index is 150. The van der Waals surface area contributed by atoms with Crippen molar-refractivity contribution in [2.24, 2.45) is 0 Å². The van der Waals surface area contributed by atoms with Gasteiger partial charge in [-0.05, 0) is 13.0 Å². The van der Waals surface area contributed by atoms with Crippen molar-refractivity contribution in [3.05, 3.63) is 24.5 Å². The van der Waals surface area contributed by atoms with Crippen LogP contribution in [0.15, 0.2) is 24.5 Å². The second-order valence-electron chi connectivity index (χ2n) is 1.51. The maximum atomic E-state index is 10.4. The van der Waals surface area contributed by atoms with E-state index in [4.69, 9.17) is 0 Å². The van der Waals surface area contributed by atoms with Gasteiger partial charge in [-0.2, -0.15) is 0 Å². The zero-order valence-corrected chi connectivity index (χ0v) is 6.13. The van der Waals surface area contributed by atoms with Crippen molar-refractivity contribution in [3.8, 4) is 0 Å². The molecule has 1 amide bonds. The van der Waals surface area contributed by atoms with Crippen LogP contribution in [0.1, 0.15) is 6.92 Å². The zero-order chi connectivity index (χ0) is 7.82. The average molecular weight is 141 g/mol. The topological polar surface area (TPSA) is 38.3 Å². The first-order valence-electron chi connectivity index (χ1n) is 2.97. The summed E-state index contributed by atoms with van der Waals surface area (Å²) in [6, 6.07) is 0. The molecular weight excluding hydrogens is 130 g/mol. The van der Waals surface area contributed by atoms with E-state index < -0.39 is 6.09 Å². The smallest absolute Gasteiger partial charge is 0.411 e. The van der Waals surface area contributed by atoms with Crippen LogP contribution in [0.5, 0.6) is 0 Å². The monoisotopic (exact) mass is 141 g/mol. The summed E-state index contributed by atoms with van der Waals surface area (Å²) in [5.74, 6) is 0. The molecule has 0 fully saturated rings. The van der Waals surface area contributed by atoms with Gasteiger partial charge < -0.3 is 10.1 Å². The van der Waals surface area contributed by atoms with Gasteiger partial charge >= 0.3 is 6.09 Å². The fourth-order valence-electron chi connectivity index (χ4n) is 0.316. The van der Waals surface area contributed by atoms with Crippen LogP contribution in [0.2, 0.25) is 0 Å². The van der Waals surface area contributed by atoms with E-state index in [1.807, 2.05) is 13.0 Å². The summed E-state index contributed by atoms with van der Waals surface area (Å²) >= 11 is 0. The molecule has 0 aliphatic rings. The molecule has 0 spiro atoms. The van der Waals surface area contributed by atoms with Crippen molar-refractivity contribution in [2.45, 2.75) is 6.92 Å². The molecule has 0 unspecified atom stereocenters. The summed E-state index contributed by atoms with van der Waals surface area (Å²) in [4.78, 5) is 10.4. The summed E-state index contributed by atoms with van der Waals surface area (Å²) < 4.78 is 4.51. The lowest BCUT2D eigenvalue weighted by atomic mass is 10.5. The molecule has 0 bridgehead atoms. The fraction of sp³-hybridized carbons (Fsp3) is 0.286. The van der Waals surface area contributed by atoms with Crippen molar-refractivity contribution in [3.63, 3.8) is 0 Å². The summed E-state index contributed by atoms with van der Waals surface area (Å²) in [6.45, 7) is 1.88. The molecule has 0 rings (SSSR count). The van der Waals surface area contributed by atoms with E-state index in [0.29, 0.717) is 0 Å². The minimum atomic E-state index is -0.458. The number of hydrogen-bond acceptors (Lipinski definition) is 2. The Kier molecular flexibility index (Phi) is 5.14. The lowest BCUT2D eigenvalue weighted by molar-refractivity contribution is 0.188. The SMILES string of the molecule is C/C=C\C=C/OC(=O)NC. The Morgan fingerprint density at radius 1 is 1.50 bits per heavy atom. The molecule has 56 valence electrons. The van der Waals surface area contributed by atoms with Gasteiger partial charge in [0.1, 0.15) is 0 Å². The predicted molar refractivity (Wildman–Crippen MR) is 39.5 cm³/mol.